The molecule has 1 aliphatic rings. The minimum atomic E-state index is -1.01. The first-order valence-corrected chi connectivity index (χ1v) is 13.9. The number of aliphatic carboxylic acids is 1. The Morgan fingerprint density at radius 3 is 1.95 bits per heavy atom. The van der Waals surface area contributed by atoms with Gasteiger partial charge in [-0.3, -0.25) is 9.80 Å². The van der Waals surface area contributed by atoms with Crippen LogP contribution in [0.15, 0.2) is 102 Å². The lowest BCUT2D eigenvalue weighted by Gasteiger charge is -2.43. The van der Waals surface area contributed by atoms with E-state index in [0.29, 0.717) is 31.1 Å². The molecular formula is C31H32N4O3S. The van der Waals surface area contributed by atoms with Crippen LogP contribution in [-0.2, 0) is 11.3 Å². The van der Waals surface area contributed by atoms with Crippen molar-refractivity contribution in [3.05, 3.63) is 113 Å². The van der Waals surface area contributed by atoms with E-state index in [4.69, 9.17) is 0 Å². The summed E-state index contributed by atoms with van der Waals surface area (Å²) in [7, 11) is 0. The number of hydrogen-bond acceptors (Lipinski definition) is 5. The molecule has 8 heteroatoms. The average Bonchev–Trinajstić information content (AvgIpc) is 3.38. The SMILES string of the molecule is Cc1cc(CN(CN2CCN(C(=O)N(c3ccccc3)c3ccccc3)[C@H](C(=O)O)C2)c2ccccc2)cs1. The highest BCUT2D eigenvalue weighted by Crippen LogP contribution is 2.28. The molecule has 0 saturated carbocycles. The molecule has 1 saturated heterocycles. The summed E-state index contributed by atoms with van der Waals surface area (Å²) in [5.74, 6) is -1.01. The molecule has 1 aliphatic heterocycles. The smallest absolute Gasteiger partial charge is 0.329 e. The van der Waals surface area contributed by atoms with Crippen molar-refractivity contribution in [1.29, 1.82) is 0 Å². The summed E-state index contributed by atoms with van der Waals surface area (Å²) in [6.07, 6.45) is 0. The number of nitrogens with zero attached hydrogens (tertiary/aromatic N) is 4. The topological polar surface area (TPSA) is 67.3 Å². The van der Waals surface area contributed by atoms with Crippen LogP contribution >= 0.6 is 11.3 Å². The van der Waals surface area contributed by atoms with Crippen LogP contribution in [0.2, 0.25) is 0 Å². The number of urea groups is 1. The maximum absolute atomic E-state index is 14.0. The van der Waals surface area contributed by atoms with Gasteiger partial charge in [0.2, 0.25) is 0 Å². The van der Waals surface area contributed by atoms with Crippen molar-refractivity contribution in [3.8, 4) is 0 Å². The molecule has 0 spiro atoms. The lowest BCUT2D eigenvalue weighted by atomic mass is 10.1. The summed E-state index contributed by atoms with van der Waals surface area (Å²) in [6.45, 7) is 4.51. The van der Waals surface area contributed by atoms with Crippen LogP contribution in [-0.4, -0.2) is 59.3 Å². The number of rotatable bonds is 8. The van der Waals surface area contributed by atoms with E-state index >= 15 is 0 Å². The zero-order valence-electron chi connectivity index (χ0n) is 21.9. The van der Waals surface area contributed by atoms with Crippen molar-refractivity contribution in [3.63, 3.8) is 0 Å². The third-order valence-corrected chi connectivity index (χ3v) is 7.78. The van der Waals surface area contributed by atoms with Gasteiger partial charge >= 0.3 is 12.0 Å². The molecule has 0 radical (unpaired) electrons. The Labute approximate surface area is 233 Å². The van der Waals surface area contributed by atoms with Gasteiger partial charge in [-0.05, 0) is 60.3 Å². The Morgan fingerprint density at radius 1 is 0.872 bits per heavy atom. The minimum absolute atomic E-state index is 0.241. The van der Waals surface area contributed by atoms with Crippen molar-refractivity contribution in [2.45, 2.75) is 19.5 Å². The van der Waals surface area contributed by atoms with E-state index in [2.05, 4.69) is 40.3 Å². The molecule has 2 heterocycles. The van der Waals surface area contributed by atoms with Crippen molar-refractivity contribution in [2.24, 2.45) is 0 Å². The molecule has 2 amide bonds. The summed E-state index contributed by atoms with van der Waals surface area (Å²) in [5, 5.41) is 12.4. The first kappa shape index (κ1) is 26.5. The molecule has 200 valence electrons. The number of para-hydroxylation sites is 3. The van der Waals surface area contributed by atoms with E-state index in [1.807, 2.05) is 78.9 Å². The molecule has 4 aromatic rings. The van der Waals surface area contributed by atoms with E-state index in [9.17, 15) is 14.7 Å². The number of carboxylic acid groups (broad SMARTS) is 1. The lowest BCUT2D eigenvalue weighted by molar-refractivity contribution is -0.144. The Morgan fingerprint density at radius 2 is 1.44 bits per heavy atom. The molecule has 0 unspecified atom stereocenters. The van der Waals surface area contributed by atoms with Crippen LogP contribution < -0.4 is 9.80 Å². The van der Waals surface area contributed by atoms with Crippen molar-refractivity contribution < 1.29 is 14.7 Å². The van der Waals surface area contributed by atoms with Crippen LogP contribution in [0.5, 0.6) is 0 Å². The van der Waals surface area contributed by atoms with Gasteiger partial charge in [-0.2, -0.15) is 0 Å². The normalized spacial score (nSPS) is 15.6. The quantitative estimate of drug-likeness (QED) is 0.295. The number of carboxylic acids is 1. The van der Waals surface area contributed by atoms with E-state index in [1.165, 1.54) is 15.3 Å². The van der Waals surface area contributed by atoms with Gasteiger partial charge in [-0.15, -0.1) is 11.3 Å². The number of carbonyl (C=O) groups is 2. The number of anilines is 3. The lowest BCUT2D eigenvalue weighted by Crippen LogP contribution is -2.61. The molecule has 0 bridgehead atoms. The fourth-order valence-corrected chi connectivity index (χ4v) is 5.66. The van der Waals surface area contributed by atoms with Crippen LogP contribution in [0.1, 0.15) is 10.4 Å². The van der Waals surface area contributed by atoms with E-state index in [0.717, 1.165) is 12.2 Å². The number of hydrogen-bond donors (Lipinski definition) is 1. The molecule has 1 aromatic heterocycles. The summed E-state index contributed by atoms with van der Waals surface area (Å²) < 4.78 is 0. The maximum atomic E-state index is 14.0. The number of thiophene rings is 1. The fourth-order valence-electron chi connectivity index (χ4n) is 4.96. The highest BCUT2D eigenvalue weighted by molar-refractivity contribution is 7.10. The largest absolute Gasteiger partial charge is 0.480 e. The van der Waals surface area contributed by atoms with Gasteiger partial charge in [0.15, 0.2) is 0 Å². The van der Waals surface area contributed by atoms with Crippen LogP contribution in [0.4, 0.5) is 21.9 Å². The van der Waals surface area contributed by atoms with Crippen molar-refractivity contribution in [1.82, 2.24) is 9.80 Å². The van der Waals surface area contributed by atoms with Gasteiger partial charge in [0.25, 0.3) is 0 Å². The molecular weight excluding hydrogens is 508 g/mol. The van der Waals surface area contributed by atoms with E-state index in [1.54, 1.807) is 16.2 Å². The van der Waals surface area contributed by atoms with Gasteiger partial charge < -0.3 is 14.9 Å². The Balaban J connectivity index is 1.37. The third-order valence-electron chi connectivity index (χ3n) is 6.87. The predicted molar refractivity (Wildman–Crippen MR) is 157 cm³/mol. The monoisotopic (exact) mass is 540 g/mol. The van der Waals surface area contributed by atoms with E-state index < -0.39 is 12.0 Å². The fraction of sp³-hybridized carbons (Fsp3) is 0.226. The van der Waals surface area contributed by atoms with Crippen LogP contribution in [0.25, 0.3) is 0 Å². The molecule has 1 fully saturated rings. The third kappa shape index (κ3) is 6.30. The molecule has 1 N–H and O–H groups in total. The van der Waals surface area contributed by atoms with Gasteiger partial charge in [0.1, 0.15) is 6.04 Å². The summed E-state index contributed by atoms with van der Waals surface area (Å²) in [6, 6.07) is 29.8. The summed E-state index contributed by atoms with van der Waals surface area (Å²) in [4.78, 5) is 35.2. The van der Waals surface area contributed by atoms with Gasteiger partial charge in [0, 0.05) is 36.7 Å². The number of piperazine rings is 1. The number of carbonyl (C=O) groups excluding carboxylic acids is 1. The van der Waals surface area contributed by atoms with Gasteiger partial charge in [0.05, 0.1) is 18.0 Å². The predicted octanol–water partition coefficient (Wildman–Crippen LogP) is 6.05. The van der Waals surface area contributed by atoms with Gasteiger partial charge in [-0.1, -0.05) is 54.6 Å². The van der Waals surface area contributed by atoms with Crippen LogP contribution in [0.3, 0.4) is 0 Å². The van der Waals surface area contributed by atoms with Crippen LogP contribution in [0, 0.1) is 6.92 Å². The molecule has 0 aliphatic carbocycles. The number of benzene rings is 3. The zero-order chi connectivity index (χ0) is 27.2. The first-order chi connectivity index (χ1) is 19.0. The second-order valence-corrected chi connectivity index (χ2v) is 10.8. The Hall–Kier alpha value is -4.14. The van der Waals surface area contributed by atoms with Gasteiger partial charge in [-0.25, -0.2) is 9.59 Å². The van der Waals surface area contributed by atoms with Crippen molar-refractivity contribution >= 4 is 40.4 Å². The number of amides is 2. The molecule has 39 heavy (non-hydrogen) atoms. The zero-order valence-corrected chi connectivity index (χ0v) is 22.7. The van der Waals surface area contributed by atoms with Crippen molar-refractivity contribution in [2.75, 3.05) is 36.1 Å². The standard InChI is InChI=1S/C31H32N4O3S/c1-24-19-25(22-39-24)20-33(26-11-5-2-6-12-26)23-32-17-18-34(29(21-32)30(36)37)31(38)35(27-13-7-3-8-14-27)28-15-9-4-10-16-28/h2-16,19,22,29H,17-18,20-21,23H2,1H3,(H,36,37)/t29-/m0/s1. The Kier molecular flexibility index (Phi) is 8.24. The molecule has 3 aromatic carbocycles. The second kappa shape index (κ2) is 12.1. The second-order valence-electron chi connectivity index (χ2n) is 9.65. The molecule has 5 rings (SSSR count). The highest BCUT2D eigenvalue weighted by atomic mass is 32.1. The maximum Gasteiger partial charge on any atom is 0.329 e. The average molecular weight is 541 g/mol. The summed E-state index contributed by atoms with van der Waals surface area (Å²) >= 11 is 1.73. The minimum Gasteiger partial charge on any atom is -0.480 e. The molecule has 1 atom stereocenters. The first-order valence-electron chi connectivity index (χ1n) is 13.0. The molecule has 7 nitrogen and oxygen atoms in total. The number of aryl methyl sites for hydroxylation is 1. The summed E-state index contributed by atoms with van der Waals surface area (Å²) in [5.41, 5.74) is 3.69. The Bertz CT molecular complexity index is 1340. The van der Waals surface area contributed by atoms with E-state index in [-0.39, 0.29) is 12.6 Å². The highest BCUT2D eigenvalue weighted by Gasteiger charge is 2.38.